The molecule has 148 valence electrons. The van der Waals surface area contributed by atoms with Crippen molar-refractivity contribution in [1.29, 1.82) is 0 Å². The zero-order valence-electron chi connectivity index (χ0n) is 16.5. The molecule has 0 bridgehead atoms. The lowest BCUT2D eigenvalue weighted by molar-refractivity contribution is -0.134. The van der Waals surface area contributed by atoms with Crippen LogP contribution in [0.2, 0.25) is 0 Å². The predicted octanol–water partition coefficient (Wildman–Crippen LogP) is 3.85. The number of benzene rings is 1. The second kappa shape index (κ2) is 7.42. The average Bonchev–Trinajstić information content (AvgIpc) is 2.91. The summed E-state index contributed by atoms with van der Waals surface area (Å²) < 4.78 is 19.2. The number of rotatable bonds is 3. The minimum absolute atomic E-state index is 0.0249. The number of piperidine rings is 1. The molecule has 2 atom stereocenters. The highest BCUT2D eigenvalue weighted by molar-refractivity contribution is 5.76. The SMILES string of the molecule is CC1(C)C[C@@H]2CN(C(=O)CC3CCOCC3)CC[C@@H]2N1c1cccc(F)c1. The topological polar surface area (TPSA) is 32.8 Å². The number of hydrogen-bond acceptors (Lipinski definition) is 3. The molecule has 0 N–H and O–H groups in total. The Hall–Kier alpha value is -1.62. The van der Waals surface area contributed by atoms with Crippen LogP contribution in [0.25, 0.3) is 0 Å². The van der Waals surface area contributed by atoms with Crippen molar-refractivity contribution in [1.82, 2.24) is 4.90 Å². The first-order valence-corrected chi connectivity index (χ1v) is 10.3. The van der Waals surface area contributed by atoms with Gasteiger partial charge in [-0.1, -0.05) is 6.07 Å². The van der Waals surface area contributed by atoms with Crippen molar-refractivity contribution < 1.29 is 13.9 Å². The van der Waals surface area contributed by atoms with Gasteiger partial charge in [0.25, 0.3) is 0 Å². The van der Waals surface area contributed by atoms with Crippen LogP contribution in [0.1, 0.15) is 46.0 Å². The number of amides is 1. The summed E-state index contributed by atoms with van der Waals surface area (Å²) >= 11 is 0. The molecule has 1 aromatic carbocycles. The van der Waals surface area contributed by atoms with Gasteiger partial charge in [-0.2, -0.15) is 0 Å². The number of likely N-dealkylation sites (tertiary alicyclic amines) is 1. The molecule has 3 aliphatic heterocycles. The van der Waals surface area contributed by atoms with Gasteiger partial charge in [0, 0.05) is 50.0 Å². The lowest BCUT2D eigenvalue weighted by Gasteiger charge is -2.42. The predicted molar refractivity (Wildman–Crippen MR) is 104 cm³/mol. The summed E-state index contributed by atoms with van der Waals surface area (Å²) in [7, 11) is 0. The van der Waals surface area contributed by atoms with E-state index in [1.807, 2.05) is 6.07 Å². The van der Waals surface area contributed by atoms with Crippen LogP contribution in [0.15, 0.2) is 24.3 Å². The van der Waals surface area contributed by atoms with Crippen molar-refractivity contribution in [2.24, 2.45) is 11.8 Å². The molecule has 4 rings (SSSR count). The first-order chi connectivity index (χ1) is 12.9. The third-order valence-corrected chi connectivity index (χ3v) is 6.68. The highest BCUT2D eigenvalue weighted by Gasteiger charge is 2.48. The van der Waals surface area contributed by atoms with E-state index in [1.54, 1.807) is 12.1 Å². The van der Waals surface area contributed by atoms with Crippen LogP contribution in [0.3, 0.4) is 0 Å². The van der Waals surface area contributed by atoms with Crippen molar-refractivity contribution >= 4 is 11.6 Å². The molecule has 5 heteroatoms. The zero-order valence-corrected chi connectivity index (χ0v) is 16.5. The Morgan fingerprint density at radius 3 is 2.78 bits per heavy atom. The Labute approximate surface area is 161 Å². The molecule has 3 heterocycles. The van der Waals surface area contributed by atoms with Gasteiger partial charge in [-0.05, 0) is 69.6 Å². The number of anilines is 1. The molecular formula is C22H31FN2O2. The summed E-state index contributed by atoms with van der Waals surface area (Å²) in [6, 6.07) is 7.33. The first kappa shape index (κ1) is 18.7. The van der Waals surface area contributed by atoms with Gasteiger partial charge in [0.15, 0.2) is 0 Å². The van der Waals surface area contributed by atoms with Crippen LogP contribution >= 0.6 is 0 Å². The van der Waals surface area contributed by atoms with Gasteiger partial charge in [0.1, 0.15) is 5.82 Å². The Morgan fingerprint density at radius 1 is 1.26 bits per heavy atom. The fraction of sp³-hybridized carbons (Fsp3) is 0.682. The molecule has 0 unspecified atom stereocenters. The Bertz CT molecular complexity index is 687. The van der Waals surface area contributed by atoms with E-state index >= 15 is 0 Å². The summed E-state index contributed by atoms with van der Waals surface area (Å²) in [5.41, 5.74) is 0.942. The van der Waals surface area contributed by atoms with Crippen molar-refractivity contribution in [3.63, 3.8) is 0 Å². The van der Waals surface area contributed by atoms with Crippen LogP contribution in [0, 0.1) is 17.7 Å². The molecule has 3 aliphatic rings. The molecule has 0 radical (unpaired) electrons. The second-order valence-electron chi connectivity index (χ2n) is 9.08. The third-order valence-electron chi connectivity index (χ3n) is 6.68. The summed E-state index contributed by atoms with van der Waals surface area (Å²) in [5, 5.41) is 0. The van der Waals surface area contributed by atoms with E-state index in [2.05, 4.69) is 23.6 Å². The molecule has 1 amide bonds. The van der Waals surface area contributed by atoms with Gasteiger partial charge >= 0.3 is 0 Å². The molecule has 1 aromatic rings. The standard InChI is InChI=1S/C22H31FN2O2/c1-22(2)14-17-15-24(21(26)12-16-7-10-27-11-8-16)9-6-20(17)25(22)19-5-3-4-18(23)13-19/h3-5,13,16-17,20H,6-12,14-15H2,1-2H3/t17-,20+/m1/s1. The van der Waals surface area contributed by atoms with Gasteiger partial charge in [0.2, 0.25) is 5.91 Å². The van der Waals surface area contributed by atoms with E-state index in [0.717, 1.165) is 57.7 Å². The maximum Gasteiger partial charge on any atom is 0.222 e. The number of halogens is 1. The van der Waals surface area contributed by atoms with Gasteiger partial charge in [-0.3, -0.25) is 4.79 Å². The van der Waals surface area contributed by atoms with Crippen LogP contribution in [0.4, 0.5) is 10.1 Å². The number of ether oxygens (including phenoxy) is 1. The first-order valence-electron chi connectivity index (χ1n) is 10.3. The van der Waals surface area contributed by atoms with E-state index in [-0.39, 0.29) is 11.4 Å². The summed E-state index contributed by atoms with van der Waals surface area (Å²) in [4.78, 5) is 17.3. The summed E-state index contributed by atoms with van der Waals surface area (Å²) in [6.45, 7) is 7.71. The van der Waals surface area contributed by atoms with E-state index in [9.17, 15) is 9.18 Å². The molecule has 0 aromatic heterocycles. The Kier molecular flexibility index (Phi) is 5.15. The quantitative estimate of drug-likeness (QED) is 0.806. The third kappa shape index (κ3) is 3.84. The number of carbonyl (C=O) groups is 1. The molecule has 27 heavy (non-hydrogen) atoms. The van der Waals surface area contributed by atoms with Gasteiger partial charge in [-0.25, -0.2) is 4.39 Å². The maximum atomic E-state index is 13.8. The highest BCUT2D eigenvalue weighted by atomic mass is 19.1. The van der Waals surface area contributed by atoms with Crippen molar-refractivity contribution in [3.05, 3.63) is 30.1 Å². The van der Waals surface area contributed by atoms with Crippen LogP contribution < -0.4 is 4.90 Å². The molecule has 3 fully saturated rings. The maximum absolute atomic E-state index is 13.8. The van der Waals surface area contributed by atoms with Gasteiger partial charge in [-0.15, -0.1) is 0 Å². The van der Waals surface area contributed by atoms with E-state index in [0.29, 0.717) is 30.2 Å². The smallest absolute Gasteiger partial charge is 0.222 e. The lowest BCUT2D eigenvalue weighted by atomic mass is 9.89. The monoisotopic (exact) mass is 374 g/mol. The molecule has 0 spiro atoms. The molecular weight excluding hydrogens is 343 g/mol. The zero-order chi connectivity index (χ0) is 19.0. The molecule has 0 saturated carbocycles. The van der Waals surface area contributed by atoms with Gasteiger partial charge in [0.05, 0.1) is 0 Å². The Morgan fingerprint density at radius 2 is 2.04 bits per heavy atom. The summed E-state index contributed by atoms with van der Waals surface area (Å²) in [5.74, 6) is 1.06. The average molecular weight is 374 g/mol. The lowest BCUT2D eigenvalue weighted by Crippen LogP contribution is -2.50. The van der Waals surface area contributed by atoms with Crippen LogP contribution in [-0.2, 0) is 9.53 Å². The second-order valence-corrected chi connectivity index (χ2v) is 9.08. The van der Waals surface area contributed by atoms with Gasteiger partial charge < -0.3 is 14.5 Å². The number of carbonyl (C=O) groups excluding carboxylic acids is 1. The number of fused-ring (bicyclic) bond motifs is 1. The van der Waals surface area contributed by atoms with Crippen LogP contribution in [0.5, 0.6) is 0 Å². The number of hydrogen-bond donors (Lipinski definition) is 0. The van der Waals surface area contributed by atoms with E-state index in [4.69, 9.17) is 4.74 Å². The minimum Gasteiger partial charge on any atom is -0.381 e. The van der Waals surface area contributed by atoms with Crippen molar-refractivity contribution in [2.45, 2.75) is 57.5 Å². The van der Waals surface area contributed by atoms with E-state index < -0.39 is 0 Å². The van der Waals surface area contributed by atoms with Crippen LogP contribution in [-0.4, -0.2) is 48.7 Å². The Balaban J connectivity index is 1.44. The highest BCUT2D eigenvalue weighted by Crippen LogP contribution is 2.44. The minimum atomic E-state index is -0.184. The fourth-order valence-corrected chi connectivity index (χ4v) is 5.47. The van der Waals surface area contributed by atoms with E-state index in [1.165, 1.54) is 6.07 Å². The fourth-order valence-electron chi connectivity index (χ4n) is 5.47. The normalized spacial score (nSPS) is 28.3. The summed E-state index contributed by atoms with van der Waals surface area (Å²) in [6.07, 6.45) is 4.68. The number of nitrogens with zero attached hydrogens (tertiary/aromatic N) is 2. The molecule has 0 aliphatic carbocycles. The molecule has 3 saturated heterocycles. The molecule has 4 nitrogen and oxygen atoms in total. The van der Waals surface area contributed by atoms with Crippen molar-refractivity contribution in [3.8, 4) is 0 Å². The van der Waals surface area contributed by atoms with Crippen molar-refractivity contribution in [2.75, 3.05) is 31.2 Å². The largest absolute Gasteiger partial charge is 0.381 e.